The molecule has 2 rings (SSSR count). The third kappa shape index (κ3) is 2.43. The summed E-state index contributed by atoms with van der Waals surface area (Å²) in [7, 11) is 0. The monoisotopic (exact) mass is 209 g/mol. The number of aliphatic hydroxyl groups excluding tert-OH is 1. The predicted molar refractivity (Wildman–Crippen MR) is 54.6 cm³/mol. The first-order valence-corrected chi connectivity index (χ1v) is 5.19. The Kier molecular flexibility index (Phi) is 3.47. The van der Waals surface area contributed by atoms with Gasteiger partial charge < -0.3 is 15.2 Å². The summed E-state index contributed by atoms with van der Waals surface area (Å²) in [6.45, 7) is 2.37. The largest absolute Gasteiger partial charge is 0.477 e. The molecule has 0 unspecified atom stereocenters. The van der Waals surface area contributed by atoms with E-state index in [4.69, 9.17) is 9.84 Å². The Hall–Kier alpha value is -1.20. The van der Waals surface area contributed by atoms with Crippen LogP contribution in [0.4, 0.5) is 0 Å². The van der Waals surface area contributed by atoms with E-state index in [0.29, 0.717) is 18.9 Å². The van der Waals surface area contributed by atoms with E-state index < -0.39 is 0 Å². The summed E-state index contributed by atoms with van der Waals surface area (Å²) >= 11 is 0. The molecule has 5 nitrogen and oxygen atoms in total. The zero-order chi connectivity index (χ0) is 10.5. The average molecular weight is 209 g/mol. The molecule has 0 saturated heterocycles. The number of rotatable bonds is 4. The maximum atomic E-state index is 8.66. The minimum Gasteiger partial charge on any atom is -0.477 e. The van der Waals surface area contributed by atoms with E-state index >= 15 is 0 Å². The highest BCUT2D eigenvalue weighted by molar-refractivity contribution is 5.31. The molecule has 1 aliphatic rings. The Balaban J connectivity index is 2.09. The lowest BCUT2D eigenvalue weighted by Crippen LogP contribution is -2.25. The van der Waals surface area contributed by atoms with Crippen molar-refractivity contribution in [1.29, 1.82) is 0 Å². The lowest BCUT2D eigenvalue weighted by molar-refractivity contribution is 0.227. The normalized spacial score (nSPS) is 14.7. The Labute approximate surface area is 88.5 Å². The lowest BCUT2D eigenvalue weighted by atomic mass is 10.1. The molecule has 0 saturated carbocycles. The summed E-state index contributed by atoms with van der Waals surface area (Å²) in [5.74, 6) is 0.653. The molecule has 0 spiro atoms. The molecule has 0 radical (unpaired) electrons. The molecular formula is C10H15N3O2. The SMILES string of the molecule is OCCCOc1ncnc2c1CNCC2. The van der Waals surface area contributed by atoms with Crippen molar-refractivity contribution in [3.05, 3.63) is 17.6 Å². The summed E-state index contributed by atoms with van der Waals surface area (Å²) < 4.78 is 5.49. The third-order valence-electron chi connectivity index (χ3n) is 2.38. The second-order valence-electron chi connectivity index (χ2n) is 3.46. The van der Waals surface area contributed by atoms with Crippen LogP contribution in [0.2, 0.25) is 0 Å². The molecule has 0 fully saturated rings. The van der Waals surface area contributed by atoms with Crippen molar-refractivity contribution in [3.63, 3.8) is 0 Å². The maximum absolute atomic E-state index is 8.66. The van der Waals surface area contributed by atoms with Gasteiger partial charge in [0, 0.05) is 38.1 Å². The minimum absolute atomic E-state index is 0.144. The summed E-state index contributed by atoms with van der Waals surface area (Å²) in [5, 5.41) is 11.9. The highest BCUT2D eigenvalue weighted by Crippen LogP contribution is 2.20. The molecule has 0 atom stereocenters. The number of hydrogen-bond acceptors (Lipinski definition) is 5. The third-order valence-corrected chi connectivity index (χ3v) is 2.38. The van der Waals surface area contributed by atoms with Crippen molar-refractivity contribution in [1.82, 2.24) is 15.3 Å². The zero-order valence-electron chi connectivity index (χ0n) is 8.57. The smallest absolute Gasteiger partial charge is 0.221 e. The number of fused-ring (bicyclic) bond motifs is 1. The Morgan fingerprint density at radius 3 is 3.27 bits per heavy atom. The van der Waals surface area contributed by atoms with Crippen LogP contribution in [-0.2, 0) is 13.0 Å². The van der Waals surface area contributed by atoms with Crippen molar-refractivity contribution in [3.8, 4) is 5.88 Å². The van der Waals surface area contributed by atoms with E-state index in [-0.39, 0.29) is 6.61 Å². The molecule has 5 heteroatoms. The molecule has 1 aromatic rings. The van der Waals surface area contributed by atoms with E-state index in [0.717, 1.165) is 30.8 Å². The number of aromatic nitrogens is 2. The van der Waals surface area contributed by atoms with Crippen molar-refractivity contribution >= 4 is 0 Å². The Bertz CT molecular complexity index is 330. The van der Waals surface area contributed by atoms with Crippen LogP contribution in [0.25, 0.3) is 0 Å². The van der Waals surface area contributed by atoms with Gasteiger partial charge in [-0.2, -0.15) is 0 Å². The van der Waals surface area contributed by atoms with Gasteiger partial charge in [-0.1, -0.05) is 0 Å². The van der Waals surface area contributed by atoms with Crippen molar-refractivity contribution in [2.45, 2.75) is 19.4 Å². The minimum atomic E-state index is 0.144. The fourth-order valence-corrected chi connectivity index (χ4v) is 1.60. The van der Waals surface area contributed by atoms with Crippen LogP contribution < -0.4 is 10.1 Å². The molecule has 15 heavy (non-hydrogen) atoms. The molecule has 2 N–H and O–H groups in total. The van der Waals surface area contributed by atoms with Gasteiger partial charge in [-0.15, -0.1) is 0 Å². The zero-order valence-corrected chi connectivity index (χ0v) is 8.57. The summed E-state index contributed by atoms with van der Waals surface area (Å²) in [6.07, 6.45) is 3.10. The van der Waals surface area contributed by atoms with Crippen LogP contribution in [0.15, 0.2) is 6.33 Å². The molecule has 1 aliphatic heterocycles. The van der Waals surface area contributed by atoms with Crippen LogP contribution in [0.5, 0.6) is 5.88 Å². The number of nitrogens with zero attached hydrogens (tertiary/aromatic N) is 2. The van der Waals surface area contributed by atoms with Crippen LogP contribution in [0, 0.1) is 0 Å². The number of hydrogen-bond donors (Lipinski definition) is 2. The molecule has 2 heterocycles. The number of aliphatic hydroxyl groups is 1. The van der Waals surface area contributed by atoms with E-state index in [1.807, 2.05) is 0 Å². The fourth-order valence-electron chi connectivity index (χ4n) is 1.60. The quantitative estimate of drug-likeness (QED) is 0.677. The first-order chi connectivity index (χ1) is 7.42. The van der Waals surface area contributed by atoms with Gasteiger partial charge in [0.05, 0.1) is 12.3 Å². The van der Waals surface area contributed by atoms with E-state index in [1.54, 1.807) is 6.33 Å². The first-order valence-electron chi connectivity index (χ1n) is 5.19. The van der Waals surface area contributed by atoms with Crippen molar-refractivity contribution in [2.24, 2.45) is 0 Å². The lowest BCUT2D eigenvalue weighted by Gasteiger charge is -2.18. The first kappa shape index (κ1) is 10.3. The van der Waals surface area contributed by atoms with Crippen LogP contribution in [-0.4, -0.2) is 34.8 Å². The van der Waals surface area contributed by atoms with E-state index in [1.165, 1.54) is 0 Å². The molecule has 0 aromatic carbocycles. The Morgan fingerprint density at radius 2 is 2.40 bits per heavy atom. The fraction of sp³-hybridized carbons (Fsp3) is 0.600. The number of ether oxygens (including phenoxy) is 1. The molecule has 82 valence electrons. The highest BCUT2D eigenvalue weighted by atomic mass is 16.5. The van der Waals surface area contributed by atoms with Gasteiger partial charge >= 0.3 is 0 Å². The Morgan fingerprint density at radius 1 is 1.47 bits per heavy atom. The second-order valence-corrected chi connectivity index (χ2v) is 3.46. The van der Waals surface area contributed by atoms with Gasteiger partial charge in [0.15, 0.2) is 0 Å². The predicted octanol–water partition coefficient (Wildman–Crippen LogP) is -0.117. The van der Waals surface area contributed by atoms with Crippen molar-refractivity contribution < 1.29 is 9.84 Å². The van der Waals surface area contributed by atoms with Crippen molar-refractivity contribution in [2.75, 3.05) is 19.8 Å². The van der Waals surface area contributed by atoms with Gasteiger partial charge in [0.1, 0.15) is 6.33 Å². The second kappa shape index (κ2) is 5.04. The maximum Gasteiger partial charge on any atom is 0.221 e. The summed E-state index contributed by atoms with van der Waals surface area (Å²) in [6, 6.07) is 0. The summed E-state index contributed by atoms with van der Waals surface area (Å²) in [5.41, 5.74) is 2.13. The van der Waals surface area contributed by atoms with Gasteiger partial charge in [-0.3, -0.25) is 0 Å². The van der Waals surface area contributed by atoms with E-state index in [9.17, 15) is 0 Å². The molecule has 1 aromatic heterocycles. The molecule has 0 bridgehead atoms. The standard InChI is InChI=1S/C10H15N3O2/c14-4-1-5-15-10-8-6-11-3-2-9(8)12-7-13-10/h7,11,14H,1-6H2. The van der Waals surface area contributed by atoms with Crippen LogP contribution in [0.1, 0.15) is 17.7 Å². The van der Waals surface area contributed by atoms with Gasteiger partial charge in [-0.05, 0) is 0 Å². The molecule has 0 amide bonds. The van der Waals surface area contributed by atoms with E-state index in [2.05, 4.69) is 15.3 Å². The van der Waals surface area contributed by atoms with Crippen LogP contribution >= 0.6 is 0 Å². The average Bonchev–Trinajstić information content (AvgIpc) is 2.30. The van der Waals surface area contributed by atoms with Gasteiger partial charge in [-0.25, -0.2) is 9.97 Å². The van der Waals surface area contributed by atoms with Crippen LogP contribution in [0.3, 0.4) is 0 Å². The molecule has 0 aliphatic carbocycles. The highest BCUT2D eigenvalue weighted by Gasteiger charge is 2.15. The summed E-state index contributed by atoms with van der Waals surface area (Å²) in [4.78, 5) is 8.34. The topological polar surface area (TPSA) is 67.3 Å². The molecular weight excluding hydrogens is 194 g/mol. The van der Waals surface area contributed by atoms with Gasteiger partial charge in [0.25, 0.3) is 0 Å². The van der Waals surface area contributed by atoms with Gasteiger partial charge in [0.2, 0.25) is 5.88 Å². The number of nitrogens with one attached hydrogen (secondary N) is 1.